The van der Waals surface area contributed by atoms with E-state index >= 15 is 0 Å². The van der Waals surface area contributed by atoms with E-state index in [1.165, 1.54) is 11.3 Å². The lowest BCUT2D eigenvalue weighted by Crippen LogP contribution is -2.07. The van der Waals surface area contributed by atoms with Crippen molar-refractivity contribution in [3.8, 4) is 0 Å². The van der Waals surface area contributed by atoms with Crippen LogP contribution < -0.4 is 5.32 Å². The molecule has 0 radical (unpaired) electrons. The Balaban J connectivity index is 2.42. The van der Waals surface area contributed by atoms with Gasteiger partial charge in [-0.15, -0.1) is 11.3 Å². The van der Waals surface area contributed by atoms with Gasteiger partial charge in [-0.2, -0.15) is 0 Å². The van der Waals surface area contributed by atoms with Crippen LogP contribution in [0.25, 0.3) is 0 Å². The fourth-order valence-corrected chi connectivity index (χ4v) is 1.83. The van der Waals surface area contributed by atoms with Crippen LogP contribution in [0.3, 0.4) is 0 Å². The van der Waals surface area contributed by atoms with Gasteiger partial charge in [0.15, 0.2) is 10.8 Å². The molecular formula is C11H18N2O2S. The van der Waals surface area contributed by atoms with Gasteiger partial charge in [-0.05, 0) is 19.3 Å². The van der Waals surface area contributed by atoms with Crippen molar-refractivity contribution in [2.24, 2.45) is 5.92 Å². The van der Waals surface area contributed by atoms with Gasteiger partial charge in [-0.25, -0.2) is 9.78 Å². The molecule has 0 spiro atoms. The third kappa shape index (κ3) is 4.18. The standard InChI is InChI=1S/C11H18N2O2S/c1-4-15-10(14)9-7-16-11(13-9)12-6-5-8(2)3/h7-8H,4-6H2,1-3H3,(H,12,13). The van der Waals surface area contributed by atoms with E-state index in [0.29, 0.717) is 18.2 Å². The van der Waals surface area contributed by atoms with Crippen LogP contribution in [0.2, 0.25) is 0 Å². The van der Waals surface area contributed by atoms with Gasteiger partial charge in [0.1, 0.15) is 0 Å². The van der Waals surface area contributed by atoms with E-state index in [-0.39, 0.29) is 5.97 Å². The van der Waals surface area contributed by atoms with Crippen LogP contribution in [0.1, 0.15) is 37.7 Å². The first-order valence-electron chi connectivity index (χ1n) is 5.50. The van der Waals surface area contributed by atoms with E-state index in [9.17, 15) is 4.79 Å². The van der Waals surface area contributed by atoms with E-state index in [1.807, 2.05) is 0 Å². The molecule has 0 bridgehead atoms. The maximum atomic E-state index is 11.3. The molecule has 0 aliphatic heterocycles. The fraction of sp³-hybridized carbons (Fsp3) is 0.636. The average molecular weight is 242 g/mol. The number of aromatic nitrogens is 1. The van der Waals surface area contributed by atoms with Crippen molar-refractivity contribution in [1.29, 1.82) is 0 Å². The Bertz CT molecular complexity index is 336. The molecular weight excluding hydrogens is 224 g/mol. The van der Waals surface area contributed by atoms with Crippen molar-refractivity contribution in [2.75, 3.05) is 18.5 Å². The van der Waals surface area contributed by atoms with Crippen LogP contribution in [-0.2, 0) is 4.74 Å². The summed E-state index contributed by atoms with van der Waals surface area (Å²) in [7, 11) is 0. The van der Waals surface area contributed by atoms with E-state index in [4.69, 9.17) is 4.74 Å². The summed E-state index contributed by atoms with van der Waals surface area (Å²) < 4.78 is 4.86. The highest BCUT2D eigenvalue weighted by Gasteiger charge is 2.10. The van der Waals surface area contributed by atoms with Crippen LogP contribution in [0.15, 0.2) is 5.38 Å². The molecule has 90 valence electrons. The van der Waals surface area contributed by atoms with Crippen LogP contribution in [0.5, 0.6) is 0 Å². The SMILES string of the molecule is CCOC(=O)c1csc(NCCC(C)C)n1. The quantitative estimate of drug-likeness (QED) is 0.779. The van der Waals surface area contributed by atoms with Gasteiger partial charge in [0, 0.05) is 11.9 Å². The number of hydrogen-bond acceptors (Lipinski definition) is 5. The van der Waals surface area contributed by atoms with E-state index in [1.54, 1.807) is 12.3 Å². The Kier molecular flexibility index (Phi) is 5.25. The number of esters is 1. The Morgan fingerprint density at radius 1 is 1.62 bits per heavy atom. The van der Waals surface area contributed by atoms with Gasteiger partial charge in [0.25, 0.3) is 0 Å². The zero-order valence-electron chi connectivity index (χ0n) is 9.95. The molecule has 5 heteroatoms. The van der Waals surface area contributed by atoms with Crippen molar-refractivity contribution < 1.29 is 9.53 Å². The highest BCUT2D eigenvalue weighted by atomic mass is 32.1. The number of rotatable bonds is 6. The number of carbonyl (C=O) groups is 1. The second-order valence-electron chi connectivity index (χ2n) is 3.87. The average Bonchev–Trinajstić information content (AvgIpc) is 2.66. The monoisotopic (exact) mass is 242 g/mol. The summed E-state index contributed by atoms with van der Waals surface area (Å²) in [4.78, 5) is 15.5. The topological polar surface area (TPSA) is 51.2 Å². The summed E-state index contributed by atoms with van der Waals surface area (Å²) in [6.45, 7) is 7.40. The second-order valence-corrected chi connectivity index (χ2v) is 4.73. The third-order valence-electron chi connectivity index (χ3n) is 1.99. The predicted molar refractivity (Wildman–Crippen MR) is 66.0 cm³/mol. The molecule has 0 atom stereocenters. The Morgan fingerprint density at radius 3 is 3.00 bits per heavy atom. The molecule has 1 N–H and O–H groups in total. The minimum atomic E-state index is -0.351. The number of nitrogens with zero attached hydrogens (tertiary/aromatic N) is 1. The van der Waals surface area contributed by atoms with Crippen molar-refractivity contribution in [1.82, 2.24) is 4.98 Å². The second kappa shape index (κ2) is 6.48. The highest BCUT2D eigenvalue weighted by Crippen LogP contribution is 2.16. The Hall–Kier alpha value is -1.10. The lowest BCUT2D eigenvalue weighted by atomic mass is 10.1. The summed E-state index contributed by atoms with van der Waals surface area (Å²) in [6, 6.07) is 0. The van der Waals surface area contributed by atoms with E-state index in [0.717, 1.165) is 18.1 Å². The van der Waals surface area contributed by atoms with Gasteiger partial charge in [0.05, 0.1) is 6.61 Å². The fourth-order valence-electron chi connectivity index (χ4n) is 1.12. The van der Waals surface area contributed by atoms with E-state index < -0.39 is 0 Å². The molecule has 0 saturated carbocycles. The molecule has 1 rings (SSSR count). The van der Waals surface area contributed by atoms with Gasteiger partial charge in [-0.3, -0.25) is 0 Å². The summed E-state index contributed by atoms with van der Waals surface area (Å²) in [5.74, 6) is 0.313. The summed E-state index contributed by atoms with van der Waals surface area (Å²) >= 11 is 1.43. The lowest BCUT2D eigenvalue weighted by molar-refractivity contribution is 0.0520. The van der Waals surface area contributed by atoms with Gasteiger partial charge in [-0.1, -0.05) is 13.8 Å². The molecule has 16 heavy (non-hydrogen) atoms. The normalized spacial score (nSPS) is 10.5. The molecule has 0 saturated heterocycles. The molecule has 0 aliphatic carbocycles. The minimum Gasteiger partial charge on any atom is -0.461 e. The van der Waals surface area contributed by atoms with Gasteiger partial charge >= 0.3 is 5.97 Å². The number of thiazole rings is 1. The smallest absolute Gasteiger partial charge is 0.357 e. The zero-order chi connectivity index (χ0) is 12.0. The largest absolute Gasteiger partial charge is 0.461 e. The van der Waals surface area contributed by atoms with Crippen LogP contribution in [-0.4, -0.2) is 24.1 Å². The number of anilines is 1. The minimum absolute atomic E-state index is 0.351. The van der Waals surface area contributed by atoms with Crippen LogP contribution >= 0.6 is 11.3 Å². The molecule has 0 aromatic carbocycles. The number of carbonyl (C=O) groups excluding carboxylic acids is 1. The molecule has 0 aliphatic rings. The van der Waals surface area contributed by atoms with Crippen molar-refractivity contribution in [3.05, 3.63) is 11.1 Å². The maximum absolute atomic E-state index is 11.3. The van der Waals surface area contributed by atoms with Gasteiger partial charge in [0.2, 0.25) is 0 Å². The van der Waals surface area contributed by atoms with Crippen molar-refractivity contribution in [2.45, 2.75) is 27.2 Å². The first-order valence-corrected chi connectivity index (χ1v) is 6.38. The first-order chi connectivity index (χ1) is 7.63. The molecule has 4 nitrogen and oxygen atoms in total. The lowest BCUT2D eigenvalue weighted by Gasteiger charge is -2.04. The number of ether oxygens (including phenoxy) is 1. The summed E-state index contributed by atoms with van der Waals surface area (Å²) in [5.41, 5.74) is 0.388. The van der Waals surface area contributed by atoms with Crippen LogP contribution in [0.4, 0.5) is 5.13 Å². The van der Waals surface area contributed by atoms with Gasteiger partial charge < -0.3 is 10.1 Å². The highest BCUT2D eigenvalue weighted by molar-refractivity contribution is 7.13. The molecule has 1 heterocycles. The van der Waals surface area contributed by atoms with Crippen molar-refractivity contribution in [3.63, 3.8) is 0 Å². The first kappa shape index (κ1) is 13.0. The number of nitrogens with one attached hydrogen (secondary N) is 1. The number of hydrogen-bond donors (Lipinski definition) is 1. The molecule has 1 aromatic heterocycles. The maximum Gasteiger partial charge on any atom is 0.357 e. The molecule has 0 amide bonds. The summed E-state index contributed by atoms with van der Waals surface area (Å²) in [5, 5.41) is 5.69. The summed E-state index contributed by atoms with van der Waals surface area (Å²) in [6.07, 6.45) is 1.09. The predicted octanol–water partition coefficient (Wildman–Crippen LogP) is 2.78. The molecule has 0 unspecified atom stereocenters. The Morgan fingerprint density at radius 2 is 2.38 bits per heavy atom. The molecule has 1 aromatic rings. The molecule has 0 fully saturated rings. The Labute approximate surface area is 100 Å². The zero-order valence-corrected chi connectivity index (χ0v) is 10.8. The van der Waals surface area contributed by atoms with E-state index in [2.05, 4.69) is 24.1 Å². The van der Waals surface area contributed by atoms with Crippen molar-refractivity contribution >= 4 is 22.4 Å². The van der Waals surface area contributed by atoms with Crippen LogP contribution in [0, 0.1) is 5.92 Å². The third-order valence-corrected chi connectivity index (χ3v) is 2.79.